The predicted octanol–water partition coefficient (Wildman–Crippen LogP) is 2.07. The summed E-state index contributed by atoms with van der Waals surface area (Å²) < 4.78 is 3.65. The number of rotatable bonds is 5. The summed E-state index contributed by atoms with van der Waals surface area (Å²) in [5.74, 6) is 0. The van der Waals surface area contributed by atoms with Crippen molar-refractivity contribution in [3.8, 4) is 0 Å². The fourth-order valence-corrected chi connectivity index (χ4v) is 2.30. The summed E-state index contributed by atoms with van der Waals surface area (Å²) >= 11 is 6.20. The van der Waals surface area contributed by atoms with Crippen LogP contribution in [0.5, 0.6) is 0 Å². The average Bonchev–Trinajstić information content (AvgIpc) is 2.83. The Labute approximate surface area is 118 Å². The molecule has 0 aliphatic carbocycles. The standard InChI is InChI=1S/C13H20ClN5/c1-9-5-16-19(7-9)8-10(2)15-6-12-11(3)17-18(4)13(12)14/h5,7,10,15H,6,8H2,1-4H3/t10-/m0/s1. The largest absolute Gasteiger partial charge is 0.308 e. The molecule has 0 unspecified atom stereocenters. The fraction of sp³-hybridized carbons (Fsp3) is 0.538. The zero-order valence-electron chi connectivity index (χ0n) is 11.8. The second-order valence-corrected chi connectivity index (χ2v) is 5.36. The van der Waals surface area contributed by atoms with Crippen LogP contribution < -0.4 is 5.32 Å². The summed E-state index contributed by atoms with van der Waals surface area (Å²) in [7, 11) is 1.86. The van der Waals surface area contributed by atoms with Crippen LogP contribution in [0, 0.1) is 13.8 Å². The van der Waals surface area contributed by atoms with Gasteiger partial charge in [0, 0.05) is 31.4 Å². The average molecular weight is 282 g/mol. The molecule has 0 aromatic carbocycles. The van der Waals surface area contributed by atoms with Crippen LogP contribution in [0.1, 0.15) is 23.7 Å². The van der Waals surface area contributed by atoms with Crippen molar-refractivity contribution in [3.63, 3.8) is 0 Å². The fourth-order valence-electron chi connectivity index (χ4n) is 2.06. The third kappa shape index (κ3) is 3.36. The number of nitrogens with zero attached hydrogens (tertiary/aromatic N) is 4. The van der Waals surface area contributed by atoms with Crippen LogP contribution >= 0.6 is 11.6 Å². The van der Waals surface area contributed by atoms with Gasteiger partial charge in [0.25, 0.3) is 0 Å². The maximum atomic E-state index is 6.20. The van der Waals surface area contributed by atoms with Gasteiger partial charge in [-0.3, -0.25) is 9.36 Å². The summed E-state index contributed by atoms with van der Waals surface area (Å²) in [5.41, 5.74) is 3.22. The molecule has 5 nitrogen and oxygen atoms in total. The Morgan fingerprint density at radius 2 is 2.16 bits per heavy atom. The molecule has 2 aromatic heterocycles. The molecule has 19 heavy (non-hydrogen) atoms. The summed E-state index contributed by atoms with van der Waals surface area (Å²) in [6, 6.07) is 0.315. The van der Waals surface area contributed by atoms with E-state index in [1.165, 1.54) is 5.56 Å². The normalized spacial score (nSPS) is 12.9. The van der Waals surface area contributed by atoms with Crippen LogP contribution in [0.4, 0.5) is 0 Å². The Bertz CT molecular complexity index is 557. The monoisotopic (exact) mass is 281 g/mol. The van der Waals surface area contributed by atoms with Crippen LogP contribution in [0.3, 0.4) is 0 Å². The van der Waals surface area contributed by atoms with E-state index < -0.39 is 0 Å². The number of hydrogen-bond donors (Lipinski definition) is 1. The summed E-state index contributed by atoms with van der Waals surface area (Å²) in [5, 5.41) is 12.7. The number of halogens is 1. The summed E-state index contributed by atoms with van der Waals surface area (Å²) in [6.45, 7) is 7.71. The molecule has 0 spiro atoms. The van der Waals surface area contributed by atoms with Crippen molar-refractivity contribution in [3.05, 3.63) is 34.4 Å². The third-order valence-corrected chi connectivity index (χ3v) is 3.59. The second-order valence-electron chi connectivity index (χ2n) is 5.00. The lowest BCUT2D eigenvalue weighted by molar-refractivity contribution is 0.450. The molecule has 0 amide bonds. The molecule has 2 heterocycles. The molecule has 0 radical (unpaired) electrons. The van der Waals surface area contributed by atoms with E-state index in [1.807, 2.05) is 38.0 Å². The summed E-state index contributed by atoms with van der Waals surface area (Å²) in [4.78, 5) is 0. The maximum absolute atomic E-state index is 6.20. The van der Waals surface area contributed by atoms with E-state index >= 15 is 0 Å². The van der Waals surface area contributed by atoms with Gasteiger partial charge in [-0.05, 0) is 26.3 Å². The van der Waals surface area contributed by atoms with E-state index in [1.54, 1.807) is 4.68 Å². The van der Waals surface area contributed by atoms with Crippen LogP contribution in [0.25, 0.3) is 0 Å². The van der Waals surface area contributed by atoms with Crippen LogP contribution in [-0.2, 0) is 20.1 Å². The Morgan fingerprint density at radius 1 is 1.42 bits per heavy atom. The van der Waals surface area contributed by atoms with Crippen LogP contribution in [0.15, 0.2) is 12.4 Å². The minimum absolute atomic E-state index is 0.315. The van der Waals surface area contributed by atoms with E-state index in [2.05, 4.69) is 22.4 Å². The van der Waals surface area contributed by atoms with Gasteiger partial charge in [0.2, 0.25) is 0 Å². The van der Waals surface area contributed by atoms with E-state index in [0.717, 1.165) is 24.3 Å². The van der Waals surface area contributed by atoms with Crippen molar-refractivity contribution in [2.75, 3.05) is 0 Å². The van der Waals surface area contributed by atoms with Gasteiger partial charge in [0.1, 0.15) is 5.15 Å². The van der Waals surface area contributed by atoms with Gasteiger partial charge in [-0.25, -0.2) is 0 Å². The lowest BCUT2D eigenvalue weighted by atomic mass is 10.2. The zero-order valence-corrected chi connectivity index (χ0v) is 12.6. The molecule has 0 bridgehead atoms. The molecule has 104 valence electrons. The molecule has 0 aliphatic heterocycles. The Morgan fingerprint density at radius 3 is 2.68 bits per heavy atom. The number of aromatic nitrogens is 4. The van der Waals surface area contributed by atoms with Gasteiger partial charge >= 0.3 is 0 Å². The molecule has 2 rings (SSSR count). The van der Waals surface area contributed by atoms with E-state index in [-0.39, 0.29) is 0 Å². The van der Waals surface area contributed by atoms with E-state index in [4.69, 9.17) is 11.6 Å². The first-order valence-electron chi connectivity index (χ1n) is 6.37. The van der Waals surface area contributed by atoms with Crippen LogP contribution in [0.2, 0.25) is 5.15 Å². The number of nitrogens with one attached hydrogen (secondary N) is 1. The van der Waals surface area contributed by atoms with E-state index in [9.17, 15) is 0 Å². The van der Waals surface area contributed by atoms with Crippen molar-refractivity contribution < 1.29 is 0 Å². The minimum atomic E-state index is 0.315. The molecule has 1 N–H and O–H groups in total. The molecule has 1 atom stereocenters. The molecule has 0 fully saturated rings. The van der Waals surface area contributed by atoms with E-state index in [0.29, 0.717) is 11.2 Å². The predicted molar refractivity (Wildman–Crippen MR) is 76.2 cm³/mol. The highest BCUT2D eigenvalue weighted by Gasteiger charge is 2.12. The molecule has 6 heteroatoms. The smallest absolute Gasteiger partial charge is 0.131 e. The first-order chi connectivity index (χ1) is 8.97. The zero-order chi connectivity index (χ0) is 14.0. The lowest BCUT2D eigenvalue weighted by Crippen LogP contribution is -2.30. The highest BCUT2D eigenvalue weighted by atomic mass is 35.5. The van der Waals surface area contributed by atoms with Crippen molar-refractivity contribution in [2.24, 2.45) is 7.05 Å². The quantitative estimate of drug-likeness (QED) is 0.913. The maximum Gasteiger partial charge on any atom is 0.131 e. The SMILES string of the molecule is Cc1cnn(C[C@H](C)NCc2c(C)nn(C)c2Cl)c1. The molecule has 2 aromatic rings. The minimum Gasteiger partial charge on any atom is -0.308 e. The molecule has 0 aliphatic rings. The number of hydrogen-bond acceptors (Lipinski definition) is 3. The Hall–Kier alpha value is -1.33. The van der Waals surface area contributed by atoms with Gasteiger partial charge in [-0.15, -0.1) is 0 Å². The molecule has 0 saturated heterocycles. The van der Waals surface area contributed by atoms with Crippen molar-refractivity contribution in [1.29, 1.82) is 0 Å². The van der Waals surface area contributed by atoms with Gasteiger partial charge in [0.15, 0.2) is 0 Å². The molecular formula is C13H20ClN5. The molecule has 0 saturated carbocycles. The number of aryl methyl sites for hydroxylation is 3. The third-order valence-electron chi connectivity index (χ3n) is 3.12. The Balaban J connectivity index is 1.91. The highest BCUT2D eigenvalue weighted by molar-refractivity contribution is 6.30. The first-order valence-corrected chi connectivity index (χ1v) is 6.75. The van der Waals surface area contributed by atoms with Crippen molar-refractivity contribution >= 4 is 11.6 Å². The van der Waals surface area contributed by atoms with Crippen molar-refractivity contribution in [1.82, 2.24) is 24.9 Å². The van der Waals surface area contributed by atoms with Gasteiger partial charge in [-0.1, -0.05) is 11.6 Å². The highest BCUT2D eigenvalue weighted by Crippen LogP contribution is 2.18. The topological polar surface area (TPSA) is 47.7 Å². The van der Waals surface area contributed by atoms with Crippen molar-refractivity contribution in [2.45, 2.75) is 39.9 Å². The van der Waals surface area contributed by atoms with Crippen LogP contribution in [-0.4, -0.2) is 25.6 Å². The second kappa shape index (κ2) is 5.75. The summed E-state index contributed by atoms with van der Waals surface area (Å²) in [6.07, 6.45) is 3.91. The van der Waals surface area contributed by atoms with Gasteiger partial charge in [-0.2, -0.15) is 10.2 Å². The van der Waals surface area contributed by atoms with Gasteiger partial charge in [0.05, 0.1) is 18.4 Å². The lowest BCUT2D eigenvalue weighted by Gasteiger charge is -2.13. The Kier molecular flexibility index (Phi) is 4.27. The van der Waals surface area contributed by atoms with Gasteiger partial charge < -0.3 is 5.32 Å². The first kappa shape index (κ1) is 14.1. The molecular weight excluding hydrogens is 262 g/mol.